The molecule has 0 spiro atoms. The normalized spacial score (nSPS) is 23.9. The lowest BCUT2D eigenvalue weighted by Crippen LogP contribution is -2.31. The van der Waals surface area contributed by atoms with Crippen LogP contribution in [0.3, 0.4) is 0 Å². The number of aliphatic hydroxyl groups excluding tert-OH is 1. The second-order valence-electron chi connectivity index (χ2n) is 4.58. The Morgan fingerprint density at radius 1 is 1.53 bits per heavy atom. The molecule has 0 radical (unpaired) electrons. The van der Waals surface area contributed by atoms with E-state index in [1.54, 1.807) is 12.3 Å². The third-order valence-electron chi connectivity index (χ3n) is 3.47. The highest BCUT2D eigenvalue weighted by Gasteiger charge is 2.26. The van der Waals surface area contributed by atoms with Crippen LogP contribution in [-0.4, -0.2) is 29.1 Å². The Morgan fingerprint density at radius 3 is 2.94 bits per heavy atom. The molecule has 0 bridgehead atoms. The molecule has 1 saturated carbocycles. The van der Waals surface area contributed by atoms with Gasteiger partial charge in [0, 0.05) is 23.8 Å². The van der Waals surface area contributed by atoms with E-state index in [4.69, 9.17) is 0 Å². The minimum atomic E-state index is -0.0840. The number of aliphatic hydroxyl groups is 1. The molecule has 0 aliphatic heterocycles. The Balaban J connectivity index is 1.84. The number of aromatic nitrogens is 1. The van der Waals surface area contributed by atoms with Crippen molar-refractivity contribution in [2.24, 2.45) is 11.8 Å². The summed E-state index contributed by atoms with van der Waals surface area (Å²) in [5.41, 5.74) is 0.565. The van der Waals surface area contributed by atoms with E-state index in [2.05, 4.69) is 26.2 Å². The van der Waals surface area contributed by atoms with Gasteiger partial charge in [0.2, 0.25) is 0 Å². The van der Waals surface area contributed by atoms with E-state index in [1.165, 1.54) is 0 Å². The summed E-state index contributed by atoms with van der Waals surface area (Å²) >= 11 is 3.29. The number of carbonyl (C=O) groups excluding carboxylic acids is 1. The van der Waals surface area contributed by atoms with Gasteiger partial charge in [0.15, 0.2) is 0 Å². The fourth-order valence-corrected chi connectivity index (χ4v) is 2.78. The van der Waals surface area contributed by atoms with E-state index in [9.17, 15) is 9.90 Å². The number of nitrogens with one attached hydrogen (secondary N) is 2. The Bertz CT molecular complexity index is 392. The van der Waals surface area contributed by atoms with Gasteiger partial charge in [0.25, 0.3) is 5.91 Å². The van der Waals surface area contributed by atoms with Crippen LogP contribution in [0.2, 0.25) is 0 Å². The molecular formula is C12H17BrN2O2. The monoisotopic (exact) mass is 300 g/mol. The maximum Gasteiger partial charge on any atom is 0.267 e. The summed E-state index contributed by atoms with van der Waals surface area (Å²) in [5.74, 6) is 0.687. The molecular weight excluding hydrogens is 284 g/mol. The first-order chi connectivity index (χ1) is 8.20. The van der Waals surface area contributed by atoms with Crippen molar-refractivity contribution < 1.29 is 9.90 Å². The summed E-state index contributed by atoms with van der Waals surface area (Å²) in [6, 6.07) is 1.76. The Morgan fingerprint density at radius 2 is 2.29 bits per heavy atom. The maximum absolute atomic E-state index is 11.8. The predicted molar refractivity (Wildman–Crippen MR) is 68.7 cm³/mol. The second kappa shape index (κ2) is 5.69. The number of rotatable bonds is 4. The summed E-state index contributed by atoms with van der Waals surface area (Å²) in [4.78, 5) is 14.7. The maximum atomic E-state index is 11.8. The average molecular weight is 301 g/mol. The first kappa shape index (κ1) is 12.6. The standard InChI is InChI=1S/C12H17BrN2O2/c13-10-4-11(14-6-10)12(17)15-5-8-2-1-3-9(8)7-16/h4,6,8-9,14,16H,1-3,5,7H2,(H,15,17). The van der Waals surface area contributed by atoms with Crippen LogP contribution in [0.4, 0.5) is 0 Å². The van der Waals surface area contributed by atoms with Crippen molar-refractivity contribution in [3.8, 4) is 0 Å². The van der Waals surface area contributed by atoms with Crippen molar-refractivity contribution in [3.05, 3.63) is 22.4 Å². The zero-order valence-corrected chi connectivity index (χ0v) is 11.2. The van der Waals surface area contributed by atoms with E-state index in [0.717, 1.165) is 23.7 Å². The fraction of sp³-hybridized carbons (Fsp3) is 0.583. The lowest BCUT2D eigenvalue weighted by Gasteiger charge is -2.17. The van der Waals surface area contributed by atoms with E-state index in [1.807, 2.05) is 0 Å². The molecule has 17 heavy (non-hydrogen) atoms. The van der Waals surface area contributed by atoms with Crippen molar-refractivity contribution in [2.45, 2.75) is 19.3 Å². The molecule has 0 saturated heterocycles. The van der Waals surface area contributed by atoms with Gasteiger partial charge < -0.3 is 15.4 Å². The molecule has 94 valence electrons. The van der Waals surface area contributed by atoms with Gasteiger partial charge in [-0.2, -0.15) is 0 Å². The number of halogens is 1. The summed E-state index contributed by atoms with van der Waals surface area (Å²) in [5, 5.41) is 12.1. The summed E-state index contributed by atoms with van der Waals surface area (Å²) in [7, 11) is 0. The molecule has 2 atom stereocenters. The Labute approximate surface area is 109 Å². The van der Waals surface area contributed by atoms with Crippen molar-refractivity contribution >= 4 is 21.8 Å². The van der Waals surface area contributed by atoms with Crippen LogP contribution >= 0.6 is 15.9 Å². The minimum absolute atomic E-state index is 0.0840. The van der Waals surface area contributed by atoms with Crippen LogP contribution in [-0.2, 0) is 0 Å². The quantitative estimate of drug-likeness (QED) is 0.795. The molecule has 1 heterocycles. The highest BCUT2D eigenvalue weighted by Crippen LogP contribution is 2.30. The predicted octanol–water partition coefficient (Wildman–Crippen LogP) is 1.92. The molecule has 1 aromatic heterocycles. The summed E-state index contributed by atoms with van der Waals surface area (Å²) in [6.07, 6.45) is 5.06. The van der Waals surface area contributed by atoms with E-state index in [0.29, 0.717) is 24.1 Å². The molecule has 1 aliphatic rings. The first-order valence-electron chi connectivity index (χ1n) is 5.93. The van der Waals surface area contributed by atoms with Crippen molar-refractivity contribution in [2.75, 3.05) is 13.2 Å². The molecule has 1 amide bonds. The second-order valence-corrected chi connectivity index (χ2v) is 5.49. The minimum Gasteiger partial charge on any atom is -0.396 e. The molecule has 5 heteroatoms. The molecule has 1 fully saturated rings. The molecule has 4 nitrogen and oxygen atoms in total. The zero-order valence-electron chi connectivity index (χ0n) is 9.58. The van der Waals surface area contributed by atoms with Gasteiger partial charge in [-0.25, -0.2) is 0 Å². The summed E-state index contributed by atoms with van der Waals surface area (Å²) < 4.78 is 0.872. The van der Waals surface area contributed by atoms with Crippen LogP contribution < -0.4 is 5.32 Å². The van der Waals surface area contributed by atoms with Gasteiger partial charge in [-0.15, -0.1) is 0 Å². The van der Waals surface area contributed by atoms with Crippen molar-refractivity contribution in [1.29, 1.82) is 0 Å². The van der Waals surface area contributed by atoms with Crippen LogP contribution in [0.15, 0.2) is 16.7 Å². The fourth-order valence-electron chi connectivity index (χ4n) is 2.44. The lowest BCUT2D eigenvalue weighted by molar-refractivity contribution is 0.0933. The van der Waals surface area contributed by atoms with Gasteiger partial charge in [-0.05, 0) is 46.7 Å². The number of H-pyrrole nitrogens is 1. The van der Waals surface area contributed by atoms with Crippen LogP contribution in [0.5, 0.6) is 0 Å². The average Bonchev–Trinajstić information content (AvgIpc) is 2.94. The number of hydrogen-bond donors (Lipinski definition) is 3. The van der Waals surface area contributed by atoms with Gasteiger partial charge in [0.05, 0.1) is 0 Å². The van der Waals surface area contributed by atoms with E-state index in [-0.39, 0.29) is 12.5 Å². The number of carbonyl (C=O) groups is 1. The smallest absolute Gasteiger partial charge is 0.267 e. The van der Waals surface area contributed by atoms with Gasteiger partial charge in [-0.1, -0.05) is 6.42 Å². The molecule has 3 N–H and O–H groups in total. The van der Waals surface area contributed by atoms with Gasteiger partial charge >= 0.3 is 0 Å². The van der Waals surface area contributed by atoms with E-state index >= 15 is 0 Å². The number of hydrogen-bond acceptors (Lipinski definition) is 2. The van der Waals surface area contributed by atoms with Crippen LogP contribution in [0.1, 0.15) is 29.8 Å². The highest BCUT2D eigenvalue weighted by molar-refractivity contribution is 9.10. The van der Waals surface area contributed by atoms with Crippen molar-refractivity contribution in [1.82, 2.24) is 10.3 Å². The first-order valence-corrected chi connectivity index (χ1v) is 6.73. The molecule has 2 rings (SSSR count). The third kappa shape index (κ3) is 3.10. The topological polar surface area (TPSA) is 65.1 Å². The highest BCUT2D eigenvalue weighted by atomic mass is 79.9. The van der Waals surface area contributed by atoms with Gasteiger partial charge in [-0.3, -0.25) is 4.79 Å². The summed E-state index contributed by atoms with van der Waals surface area (Å²) in [6.45, 7) is 0.884. The lowest BCUT2D eigenvalue weighted by atomic mass is 9.97. The molecule has 1 aromatic rings. The third-order valence-corrected chi connectivity index (χ3v) is 3.93. The van der Waals surface area contributed by atoms with Gasteiger partial charge in [0.1, 0.15) is 5.69 Å². The van der Waals surface area contributed by atoms with Crippen LogP contribution in [0, 0.1) is 11.8 Å². The van der Waals surface area contributed by atoms with Crippen LogP contribution in [0.25, 0.3) is 0 Å². The number of amides is 1. The van der Waals surface area contributed by atoms with E-state index < -0.39 is 0 Å². The van der Waals surface area contributed by atoms with Crippen molar-refractivity contribution in [3.63, 3.8) is 0 Å². The Hall–Kier alpha value is -0.810. The molecule has 1 aliphatic carbocycles. The number of aromatic amines is 1. The largest absolute Gasteiger partial charge is 0.396 e. The zero-order chi connectivity index (χ0) is 12.3. The molecule has 0 aromatic carbocycles. The SMILES string of the molecule is O=C(NCC1CCCC1CO)c1cc(Br)c[nH]1. The molecule has 2 unspecified atom stereocenters. The Kier molecular flexibility index (Phi) is 4.23.